The molecule has 0 aliphatic rings. The summed E-state index contributed by atoms with van der Waals surface area (Å²) in [6.45, 7) is 5.55. The Kier molecular flexibility index (Phi) is 3.52. The summed E-state index contributed by atoms with van der Waals surface area (Å²) in [6, 6.07) is 14.5. The topological polar surface area (TPSA) is 38.1 Å². The highest BCUT2D eigenvalue weighted by Crippen LogP contribution is 2.15. The molecule has 0 atom stereocenters. The summed E-state index contributed by atoms with van der Waals surface area (Å²) < 4.78 is 5.53. The first-order valence-corrected chi connectivity index (χ1v) is 6.83. The molecule has 0 saturated carbocycles. The van der Waals surface area contributed by atoms with Gasteiger partial charge in [-0.05, 0) is 49.7 Å². The second-order valence-corrected chi connectivity index (χ2v) is 5.10. The van der Waals surface area contributed by atoms with E-state index in [1.807, 2.05) is 32.0 Å². The minimum Gasteiger partial charge on any atom is -0.465 e. The Morgan fingerprint density at radius 2 is 1.90 bits per heavy atom. The van der Waals surface area contributed by atoms with Crippen molar-refractivity contribution < 1.29 is 4.42 Å². The van der Waals surface area contributed by atoms with Gasteiger partial charge in [0.25, 0.3) is 0 Å². The van der Waals surface area contributed by atoms with E-state index in [9.17, 15) is 0 Å². The highest BCUT2D eigenvalue weighted by Gasteiger charge is 2.00. The van der Waals surface area contributed by atoms with Gasteiger partial charge in [0, 0.05) is 17.6 Å². The van der Waals surface area contributed by atoms with Crippen LogP contribution in [-0.2, 0) is 13.1 Å². The van der Waals surface area contributed by atoms with Crippen molar-refractivity contribution in [2.75, 3.05) is 0 Å². The molecule has 0 unspecified atom stereocenters. The lowest BCUT2D eigenvalue weighted by molar-refractivity contribution is 0.462. The summed E-state index contributed by atoms with van der Waals surface area (Å²) >= 11 is 0. The van der Waals surface area contributed by atoms with Crippen molar-refractivity contribution >= 4 is 10.9 Å². The molecule has 0 spiro atoms. The highest BCUT2D eigenvalue weighted by atomic mass is 16.3. The normalized spacial score (nSPS) is 11.1. The molecule has 3 heteroatoms. The number of aromatic nitrogens is 1. The largest absolute Gasteiger partial charge is 0.465 e. The number of fused-ring (bicyclic) bond motifs is 1. The first kappa shape index (κ1) is 12.9. The molecular weight excluding hydrogens is 248 g/mol. The number of benzene rings is 1. The van der Waals surface area contributed by atoms with Gasteiger partial charge >= 0.3 is 0 Å². The van der Waals surface area contributed by atoms with Crippen LogP contribution < -0.4 is 5.32 Å². The summed E-state index contributed by atoms with van der Waals surface area (Å²) in [5.74, 6) is 1.93. The highest BCUT2D eigenvalue weighted by molar-refractivity contribution is 5.79. The number of hydrogen-bond donors (Lipinski definition) is 1. The lowest BCUT2D eigenvalue weighted by Gasteiger charge is -2.05. The standard InChI is InChI=1S/C17H18N2O/c1-12-3-6-15-9-14(5-8-17(15)19-12)10-18-11-16-7-4-13(2)20-16/h3-9,18H,10-11H2,1-2H3. The first-order valence-electron chi connectivity index (χ1n) is 6.83. The van der Waals surface area contributed by atoms with Crippen molar-refractivity contribution in [1.82, 2.24) is 10.3 Å². The number of nitrogens with zero attached hydrogens (tertiary/aromatic N) is 1. The van der Waals surface area contributed by atoms with Gasteiger partial charge < -0.3 is 9.73 Å². The van der Waals surface area contributed by atoms with Crippen molar-refractivity contribution in [2.45, 2.75) is 26.9 Å². The molecule has 2 heterocycles. The minimum atomic E-state index is 0.748. The van der Waals surface area contributed by atoms with Gasteiger partial charge in [-0.1, -0.05) is 12.1 Å². The van der Waals surface area contributed by atoms with Crippen LogP contribution in [0.4, 0.5) is 0 Å². The van der Waals surface area contributed by atoms with E-state index in [1.54, 1.807) is 0 Å². The summed E-state index contributed by atoms with van der Waals surface area (Å²) in [4.78, 5) is 4.51. The Labute approximate surface area is 118 Å². The minimum absolute atomic E-state index is 0.748. The van der Waals surface area contributed by atoms with Crippen LogP contribution in [0.3, 0.4) is 0 Å². The maximum absolute atomic E-state index is 5.53. The zero-order chi connectivity index (χ0) is 13.9. The fourth-order valence-corrected chi connectivity index (χ4v) is 2.30. The van der Waals surface area contributed by atoms with E-state index in [4.69, 9.17) is 4.42 Å². The van der Waals surface area contributed by atoms with Gasteiger partial charge in [0.05, 0.1) is 12.1 Å². The third-order valence-electron chi connectivity index (χ3n) is 3.32. The third-order valence-corrected chi connectivity index (χ3v) is 3.32. The van der Waals surface area contributed by atoms with Crippen LogP contribution in [0.15, 0.2) is 46.9 Å². The van der Waals surface area contributed by atoms with E-state index in [2.05, 4.69) is 34.6 Å². The van der Waals surface area contributed by atoms with Crippen LogP contribution in [0.2, 0.25) is 0 Å². The molecule has 0 saturated heterocycles. The Bertz CT molecular complexity index is 731. The second-order valence-electron chi connectivity index (χ2n) is 5.10. The zero-order valence-electron chi connectivity index (χ0n) is 11.8. The molecule has 0 fully saturated rings. The lowest BCUT2D eigenvalue weighted by Crippen LogP contribution is -2.12. The number of rotatable bonds is 4. The number of pyridine rings is 1. The summed E-state index contributed by atoms with van der Waals surface area (Å²) in [5, 5.41) is 4.58. The molecular formula is C17H18N2O. The predicted molar refractivity (Wildman–Crippen MR) is 80.5 cm³/mol. The summed E-state index contributed by atoms with van der Waals surface area (Å²) in [5.41, 5.74) is 3.36. The smallest absolute Gasteiger partial charge is 0.117 e. The average Bonchev–Trinajstić information content (AvgIpc) is 2.85. The van der Waals surface area contributed by atoms with E-state index in [-0.39, 0.29) is 0 Å². The van der Waals surface area contributed by atoms with Crippen molar-refractivity contribution in [2.24, 2.45) is 0 Å². The van der Waals surface area contributed by atoms with Crippen molar-refractivity contribution in [3.8, 4) is 0 Å². The van der Waals surface area contributed by atoms with E-state index >= 15 is 0 Å². The van der Waals surface area contributed by atoms with Crippen molar-refractivity contribution in [1.29, 1.82) is 0 Å². The molecule has 1 aromatic carbocycles. The number of nitrogens with one attached hydrogen (secondary N) is 1. The fourth-order valence-electron chi connectivity index (χ4n) is 2.30. The molecule has 3 rings (SSSR count). The lowest BCUT2D eigenvalue weighted by atomic mass is 10.1. The van der Waals surface area contributed by atoms with Gasteiger partial charge in [-0.2, -0.15) is 0 Å². The maximum atomic E-state index is 5.53. The Hall–Kier alpha value is -2.13. The van der Waals surface area contributed by atoms with Crippen molar-refractivity contribution in [3.63, 3.8) is 0 Å². The number of hydrogen-bond acceptors (Lipinski definition) is 3. The first-order chi connectivity index (χ1) is 9.70. The van der Waals surface area contributed by atoms with Crippen molar-refractivity contribution in [3.05, 3.63) is 65.2 Å². The summed E-state index contributed by atoms with van der Waals surface area (Å²) in [7, 11) is 0. The molecule has 3 aromatic rings. The molecule has 0 bridgehead atoms. The second kappa shape index (κ2) is 5.47. The van der Waals surface area contributed by atoms with Gasteiger partial charge in [-0.25, -0.2) is 0 Å². The molecule has 102 valence electrons. The Morgan fingerprint density at radius 1 is 1.00 bits per heavy atom. The van der Waals surface area contributed by atoms with E-state index < -0.39 is 0 Å². The number of furan rings is 1. The summed E-state index contributed by atoms with van der Waals surface area (Å²) in [6.07, 6.45) is 0. The predicted octanol–water partition coefficient (Wildman–Crippen LogP) is 3.73. The third kappa shape index (κ3) is 2.89. The van der Waals surface area contributed by atoms with Gasteiger partial charge in [0.1, 0.15) is 11.5 Å². The molecule has 1 N–H and O–H groups in total. The van der Waals surface area contributed by atoms with Crippen LogP contribution >= 0.6 is 0 Å². The van der Waals surface area contributed by atoms with Gasteiger partial charge in [-0.15, -0.1) is 0 Å². The molecule has 0 aliphatic carbocycles. The van der Waals surface area contributed by atoms with Crippen LogP contribution in [0, 0.1) is 13.8 Å². The van der Waals surface area contributed by atoms with E-state index in [0.29, 0.717) is 0 Å². The van der Waals surface area contributed by atoms with E-state index in [0.717, 1.165) is 35.8 Å². The number of aryl methyl sites for hydroxylation is 2. The SMILES string of the molecule is Cc1ccc2cc(CNCc3ccc(C)o3)ccc2n1. The average molecular weight is 266 g/mol. The van der Waals surface area contributed by atoms with Crippen LogP contribution in [-0.4, -0.2) is 4.98 Å². The zero-order valence-corrected chi connectivity index (χ0v) is 11.8. The van der Waals surface area contributed by atoms with Gasteiger partial charge in [0.15, 0.2) is 0 Å². The van der Waals surface area contributed by atoms with Gasteiger partial charge in [-0.3, -0.25) is 4.98 Å². The monoisotopic (exact) mass is 266 g/mol. The molecule has 2 aromatic heterocycles. The molecule has 0 radical (unpaired) electrons. The molecule has 3 nitrogen and oxygen atoms in total. The quantitative estimate of drug-likeness (QED) is 0.782. The maximum Gasteiger partial charge on any atom is 0.117 e. The van der Waals surface area contributed by atoms with Gasteiger partial charge in [0.2, 0.25) is 0 Å². The van der Waals surface area contributed by atoms with Crippen LogP contribution in [0.25, 0.3) is 10.9 Å². The molecule has 0 amide bonds. The van der Waals surface area contributed by atoms with Crippen LogP contribution in [0.1, 0.15) is 22.8 Å². The molecule has 20 heavy (non-hydrogen) atoms. The van der Waals surface area contributed by atoms with E-state index in [1.165, 1.54) is 10.9 Å². The Morgan fingerprint density at radius 3 is 2.70 bits per heavy atom. The van der Waals surface area contributed by atoms with Crippen LogP contribution in [0.5, 0.6) is 0 Å². The molecule has 0 aliphatic heterocycles. The Balaban J connectivity index is 1.67. The fraction of sp³-hybridized carbons (Fsp3) is 0.235.